The first-order valence-electron chi connectivity index (χ1n) is 5.51. The highest BCUT2D eigenvalue weighted by Crippen LogP contribution is 2.21. The third-order valence-electron chi connectivity index (χ3n) is 2.67. The predicted molar refractivity (Wildman–Crippen MR) is 53.9 cm³/mol. The van der Waals surface area contributed by atoms with Crippen LogP contribution in [0.2, 0.25) is 0 Å². The smallest absolute Gasteiger partial charge is 0.356 e. The Hall–Kier alpha value is -0.780. The Morgan fingerprint density at radius 3 is 2.75 bits per heavy atom. The van der Waals surface area contributed by atoms with E-state index in [0.717, 1.165) is 25.9 Å². The quantitative estimate of drug-likeness (QED) is 0.761. The molecular weight excluding hydrogens is 221 g/mol. The number of nitrogens with one attached hydrogen (secondary N) is 2. The van der Waals surface area contributed by atoms with Gasteiger partial charge in [0.2, 0.25) is 5.91 Å². The maximum absolute atomic E-state index is 11.8. The highest BCUT2D eigenvalue weighted by atomic mass is 19.4. The number of alkyl halides is 3. The van der Waals surface area contributed by atoms with Crippen LogP contribution in [0.25, 0.3) is 0 Å². The van der Waals surface area contributed by atoms with E-state index in [1.54, 1.807) is 0 Å². The lowest BCUT2D eigenvalue weighted by atomic mass is 10.1. The van der Waals surface area contributed by atoms with E-state index >= 15 is 0 Å². The SMILES string of the molecule is O=C(CCC(F)(F)F)NCCC1CCNC1. The van der Waals surface area contributed by atoms with Crippen molar-refractivity contribution in [1.29, 1.82) is 0 Å². The molecule has 1 aliphatic rings. The highest BCUT2D eigenvalue weighted by molar-refractivity contribution is 5.75. The Bertz CT molecular complexity index is 225. The largest absolute Gasteiger partial charge is 0.389 e. The van der Waals surface area contributed by atoms with E-state index in [0.29, 0.717) is 12.5 Å². The first-order valence-corrected chi connectivity index (χ1v) is 5.51. The highest BCUT2D eigenvalue weighted by Gasteiger charge is 2.27. The van der Waals surface area contributed by atoms with Gasteiger partial charge < -0.3 is 10.6 Å². The van der Waals surface area contributed by atoms with Crippen molar-refractivity contribution in [2.45, 2.75) is 31.9 Å². The summed E-state index contributed by atoms with van der Waals surface area (Å²) < 4.78 is 35.4. The van der Waals surface area contributed by atoms with E-state index in [1.807, 2.05) is 0 Å². The number of amides is 1. The van der Waals surface area contributed by atoms with Gasteiger partial charge >= 0.3 is 6.18 Å². The number of rotatable bonds is 5. The summed E-state index contributed by atoms with van der Waals surface area (Å²) in [5.74, 6) is 0.0335. The second-order valence-electron chi connectivity index (χ2n) is 4.11. The van der Waals surface area contributed by atoms with E-state index in [9.17, 15) is 18.0 Å². The summed E-state index contributed by atoms with van der Waals surface area (Å²) in [4.78, 5) is 11.0. The molecule has 94 valence electrons. The number of carbonyl (C=O) groups excluding carboxylic acids is 1. The minimum Gasteiger partial charge on any atom is -0.356 e. The zero-order chi connectivity index (χ0) is 12.0. The van der Waals surface area contributed by atoms with E-state index in [1.165, 1.54) is 0 Å². The Balaban J connectivity index is 2.01. The van der Waals surface area contributed by atoms with Gasteiger partial charge in [-0.3, -0.25) is 4.79 Å². The van der Waals surface area contributed by atoms with Crippen molar-refractivity contribution in [1.82, 2.24) is 10.6 Å². The molecular formula is C10H17F3N2O. The molecule has 0 saturated carbocycles. The molecule has 1 atom stereocenters. The molecule has 16 heavy (non-hydrogen) atoms. The van der Waals surface area contributed by atoms with Gasteiger partial charge in [0.05, 0.1) is 6.42 Å². The van der Waals surface area contributed by atoms with Gasteiger partial charge in [-0.2, -0.15) is 13.2 Å². The zero-order valence-corrected chi connectivity index (χ0v) is 9.07. The summed E-state index contributed by atoms with van der Waals surface area (Å²) in [6.45, 7) is 2.41. The second kappa shape index (κ2) is 6.08. The van der Waals surface area contributed by atoms with Gasteiger partial charge in [0.25, 0.3) is 0 Å². The third-order valence-corrected chi connectivity index (χ3v) is 2.67. The number of carbonyl (C=O) groups is 1. The molecule has 6 heteroatoms. The third kappa shape index (κ3) is 5.95. The molecule has 1 rings (SSSR count). The Morgan fingerprint density at radius 1 is 1.44 bits per heavy atom. The molecule has 2 N–H and O–H groups in total. The van der Waals surface area contributed by atoms with Crippen LogP contribution in [0, 0.1) is 5.92 Å². The van der Waals surface area contributed by atoms with Crippen molar-refractivity contribution in [3.05, 3.63) is 0 Å². The fraction of sp³-hybridized carbons (Fsp3) is 0.900. The van der Waals surface area contributed by atoms with E-state index in [2.05, 4.69) is 10.6 Å². The van der Waals surface area contributed by atoms with Crippen molar-refractivity contribution in [2.75, 3.05) is 19.6 Å². The topological polar surface area (TPSA) is 41.1 Å². The molecule has 0 aromatic rings. The van der Waals surface area contributed by atoms with Crippen LogP contribution in [0.1, 0.15) is 25.7 Å². The molecule has 1 amide bonds. The van der Waals surface area contributed by atoms with Gasteiger partial charge in [-0.25, -0.2) is 0 Å². The van der Waals surface area contributed by atoms with Crippen molar-refractivity contribution in [3.63, 3.8) is 0 Å². The molecule has 0 aliphatic carbocycles. The van der Waals surface area contributed by atoms with Gasteiger partial charge in [0.1, 0.15) is 0 Å². The molecule has 1 unspecified atom stereocenters. The van der Waals surface area contributed by atoms with Crippen LogP contribution in [0.3, 0.4) is 0 Å². The monoisotopic (exact) mass is 238 g/mol. The lowest BCUT2D eigenvalue weighted by Crippen LogP contribution is -2.27. The fourth-order valence-electron chi connectivity index (χ4n) is 1.72. The van der Waals surface area contributed by atoms with Crippen LogP contribution in [0.4, 0.5) is 13.2 Å². The summed E-state index contributed by atoms with van der Waals surface area (Å²) in [6.07, 6.45) is -3.83. The van der Waals surface area contributed by atoms with Crippen LogP contribution in [-0.2, 0) is 4.79 Å². The average Bonchev–Trinajstić information content (AvgIpc) is 2.66. The minimum absolute atomic E-state index is 0.466. The van der Waals surface area contributed by atoms with Crippen molar-refractivity contribution in [3.8, 4) is 0 Å². The minimum atomic E-state index is -4.24. The van der Waals surface area contributed by atoms with Crippen LogP contribution in [-0.4, -0.2) is 31.7 Å². The summed E-state index contributed by atoms with van der Waals surface area (Å²) in [7, 11) is 0. The van der Waals surface area contributed by atoms with Crippen LogP contribution >= 0.6 is 0 Å². The maximum Gasteiger partial charge on any atom is 0.389 e. The van der Waals surface area contributed by atoms with E-state index in [4.69, 9.17) is 0 Å². The molecule has 0 spiro atoms. The summed E-state index contributed by atoms with van der Waals surface area (Å²) in [6, 6.07) is 0. The van der Waals surface area contributed by atoms with Crippen molar-refractivity contribution in [2.24, 2.45) is 5.92 Å². The standard InChI is InChI=1S/C10H17F3N2O/c11-10(12,13)4-1-9(16)15-6-3-8-2-5-14-7-8/h8,14H,1-7H2,(H,15,16). The first-order chi connectivity index (χ1) is 7.47. The van der Waals surface area contributed by atoms with Gasteiger partial charge in [0, 0.05) is 13.0 Å². The number of hydrogen-bond acceptors (Lipinski definition) is 2. The van der Waals surface area contributed by atoms with Crippen molar-refractivity contribution >= 4 is 5.91 Å². The summed E-state index contributed by atoms with van der Waals surface area (Å²) in [5.41, 5.74) is 0. The normalized spacial score (nSPS) is 21.1. The lowest BCUT2D eigenvalue weighted by Gasteiger charge is -2.10. The maximum atomic E-state index is 11.8. The molecule has 0 radical (unpaired) electrons. The second-order valence-corrected chi connectivity index (χ2v) is 4.11. The lowest BCUT2D eigenvalue weighted by molar-refractivity contribution is -0.144. The summed E-state index contributed by atoms with van der Waals surface area (Å²) >= 11 is 0. The van der Waals surface area contributed by atoms with Gasteiger partial charge in [-0.05, 0) is 31.8 Å². The molecule has 1 fully saturated rings. The summed E-state index contributed by atoms with van der Waals surface area (Å²) in [5, 5.41) is 5.71. The van der Waals surface area contributed by atoms with Gasteiger partial charge in [-0.15, -0.1) is 0 Å². The molecule has 1 saturated heterocycles. The van der Waals surface area contributed by atoms with E-state index < -0.39 is 24.9 Å². The molecule has 1 heterocycles. The molecule has 1 aliphatic heterocycles. The zero-order valence-electron chi connectivity index (χ0n) is 9.07. The Kier molecular flexibility index (Phi) is 5.05. The van der Waals surface area contributed by atoms with Crippen LogP contribution < -0.4 is 10.6 Å². The fourth-order valence-corrected chi connectivity index (χ4v) is 1.72. The molecule has 0 aromatic heterocycles. The predicted octanol–water partition coefficient (Wildman–Crippen LogP) is 1.44. The number of hydrogen-bond donors (Lipinski definition) is 2. The first kappa shape index (κ1) is 13.3. The van der Waals surface area contributed by atoms with Gasteiger partial charge in [0.15, 0.2) is 0 Å². The molecule has 3 nitrogen and oxygen atoms in total. The van der Waals surface area contributed by atoms with Crippen LogP contribution in [0.15, 0.2) is 0 Å². The number of halogens is 3. The average molecular weight is 238 g/mol. The van der Waals surface area contributed by atoms with Gasteiger partial charge in [-0.1, -0.05) is 0 Å². The Morgan fingerprint density at radius 2 is 2.19 bits per heavy atom. The Labute approximate surface area is 92.8 Å². The van der Waals surface area contributed by atoms with Crippen molar-refractivity contribution < 1.29 is 18.0 Å². The molecule has 0 aromatic carbocycles. The van der Waals surface area contributed by atoms with Crippen LogP contribution in [0.5, 0.6) is 0 Å². The molecule has 0 bridgehead atoms. The van der Waals surface area contributed by atoms with E-state index in [-0.39, 0.29) is 0 Å².